The van der Waals surface area contributed by atoms with E-state index in [1.165, 1.54) is 25.6 Å². The van der Waals surface area contributed by atoms with Crippen LogP contribution >= 0.6 is 0 Å². The smallest absolute Gasteiger partial charge is 0.256 e. The first-order chi connectivity index (χ1) is 17.0. The van der Waals surface area contributed by atoms with Crippen molar-refractivity contribution in [3.05, 3.63) is 72.7 Å². The SMILES string of the molecule is O=C(Nc1ccncn1)c1cccc(Nc2cccc(S(=O)(=O)NCCCN3CCCCC3)c2)c1. The van der Waals surface area contributed by atoms with Crippen molar-refractivity contribution in [2.24, 2.45) is 0 Å². The third-order valence-electron chi connectivity index (χ3n) is 5.77. The number of nitrogens with one attached hydrogen (secondary N) is 3. The monoisotopic (exact) mass is 494 g/mol. The van der Waals surface area contributed by atoms with Crippen molar-refractivity contribution >= 4 is 33.1 Å². The number of likely N-dealkylation sites (tertiary alicyclic amines) is 1. The van der Waals surface area contributed by atoms with Gasteiger partial charge >= 0.3 is 0 Å². The van der Waals surface area contributed by atoms with Gasteiger partial charge in [0.25, 0.3) is 5.91 Å². The molecule has 0 atom stereocenters. The van der Waals surface area contributed by atoms with Gasteiger partial charge in [0.2, 0.25) is 10.0 Å². The molecule has 0 bridgehead atoms. The molecule has 1 aliphatic rings. The molecule has 2 heterocycles. The second kappa shape index (κ2) is 11.9. The lowest BCUT2D eigenvalue weighted by Gasteiger charge is -2.26. The molecule has 2 aromatic carbocycles. The Hall–Kier alpha value is -3.34. The minimum atomic E-state index is -3.62. The third-order valence-corrected chi connectivity index (χ3v) is 7.23. The summed E-state index contributed by atoms with van der Waals surface area (Å²) in [5.74, 6) is 0.0992. The number of nitrogens with zero attached hydrogens (tertiary/aromatic N) is 3. The van der Waals surface area contributed by atoms with E-state index in [0.717, 1.165) is 26.1 Å². The van der Waals surface area contributed by atoms with Crippen molar-refractivity contribution in [2.75, 3.05) is 36.8 Å². The number of aromatic nitrogens is 2. The van der Waals surface area contributed by atoms with Crippen LogP contribution < -0.4 is 15.4 Å². The van der Waals surface area contributed by atoms with Crippen LogP contribution in [0.15, 0.2) is 72.0 Å². The second-order valence-corrected chi connectivity index (χ2v) is 10.2. The molecule has 1 saturated heterocycles. The van der Waals surface area contributed by atoms with Crippen LogP contribution in [0.3, 0.4) is 0 Å². The standard InChI is InChI=1S/C25H30N6O3S/c32-25(30-24-11-13-26-19-27-24)20-7-4-8-21(17-20)29-22-9-5-10-23(18-22)35(33,34)28-12-6-16-31-14-2-1-3-15-31/h4-5,7-11,13,17-19,28-29H,1-3,6,12,14-16H2,(H,26,27,30,32). The van der Waals surface area contributed by atoms with Crippen LogP contribution in [0.5, 0.6) is 0 Å². The van der Waals surface area contributed by atoms with Crippen LogP contribution in [-0.2, 0) is 10.0 Å². The molecule has 1 aliphatic heterocycles. The summed E-state index contributed by atoms with van der Waals surface area (Å²) in [4.78, 5) is 22.9. The predicted molar refractivity (Wildman–Crippen MR) is 136 cm³/mol. The zero-order valence-corrected chi connectivity index (χ0v) is 20.3. The van der Waals surface area contributed by atoms with Crippen LogP contribution in [0.2, 0.25) is 0 Å². The molecule has 0 saturated carbocycles. The number of benzene rings is 2. The zero-order valence-electron chi connectivity index (χ0n) is 19.5. The van der Waals surface area contributed by atoms with Crippen LogP contribution in [-0.4, -0.2) is 55.4 Å². The van der Waals surface area contributed by atoms with E-state index in [-0.39, 0.29) is 10.8 Å². The molecule has 1 amide bonds. The quantitative estimate of drug-likeness (QED) is 0.369. The number of amides is 1. The van der Waals surface area contributed by atoms with Gasteiger partial charge < -0.3 is 15.5 Å². The molecule has 3 aromatic rings. The van der Waals surface area contributed by atoms with Gasteiger partial charge in [0.1, 0.15) is 12.1 Å². The van der Waals surface area contributed by atoms with E-state index in [0.29, 0.717) is 29.3 Å². The van der Waals surface area contributed by atoms with Crippen LogP contribution in [0.1, 0.15) is 36.0 Å². The summed E-state index contributed by atoms with van der Waals surface area (Å²) in [5.41, 5.74) is 1.70. The molecule has 0 aliphatic carbocycles. The molecule has 9 nitrogen and oxygen atoms in total. The van der Waals surface area contributed by atoms with E-state index in [4.69, 9.17) is 0 Å². The molecule has 3 N–H and O–H groups in total. The molecular formula is C25H30N6O3S. The minimum Gasteiger partial charge on any atom is -0.355 e. The topological polar surface area (TPSA) is 116 Å². The molecular weight excluding hydrogens is 464 g/mol. The molecule has 1 fully saturated rings. The maximum absolute atomic E-state index is 12.8. The van der Waals surface area contributed by atoms with E-state index < -0.39 is 10.0 Å². The van der Waals surface area contributed by atoms with Crippen molar-refractivity contribution in [3.8, 4) is 0 Å². The van der Waals surface area contributed by atoms with Gasteiger partial charge in [-0.05, 0) is 81.4 Å². The Balaban J connectivity index is 1.35. The molecule has 10 heteroatoms. The van der Waals surface area contributed by atoms with Crippen LogP contribution in [0.25, 0.3) is 0 Å². The van der Waals surface area contributed by atoms with E-state index in [2.05, 4.69) is 30.2 Å². The third kappa shape index (κ3) is 7.32. The number of carbonyl (C=O) groups excluding carboxylic acids is 1. The molecule has 0 radical (unpaired) electrons. The maximum Gasteiger partial charge on any atom is 0.256 e. The molecule has 0 spiro atoms. The first-order valence-corrected chi connectivity index (χ1v) is 13.2. The Bertz CT molecular complexity index is 1230. The highest BCUT2D eigenvalue weighted by Crippen LogP contribution is 2.21. The highest BCUT2D eigenvalue weighted by Gasteiger charge is 2.15. The van der Waals surface area contributed by atoms with Gasteiger partial charge in [-0.3, -0.25) is 4.79 Å². The first-order valence-electron chi connectivity index (χ1n) is 11.8. The van der Waals surface area contributed by atoms with Crippen molar-refractivity contribution < 1.29 is 13.2 Å². The summed E-state index contributed by atoms with van der Waals surface area (Å²) in [6.45, 7) is 3.51. The lowest BCUT2D eigenvalue weighted by Crippen LogP contribution is -2.33. The Morgan fingerprint density at radius 3 is 2.51 bits per heavy atom. The van der Waals surface area contributed by atoms with Gasteiger partial charge in [-0.2, -0.15) is 0 Å². The molecule has 184 valence electrons. The van der Waals surface area contributed by atoms with Gasteiger partial charge in [-0.15, -0.1) is 0 Å². The zero-order chi connectivity index (χ0) is 24.5. The van der Waals surface area contributed by atoms with Gasteiger partial charge in [0, 0.05) is 29.7 Å². The Kier molecular flexibility index (Phi) is 8.40. The number of carbonyl (C=O) groups is 1. The Labute approximate surface area is 206 Å². The summed E-state index contributed by atoms with van der Waals surface area (Å²) in [6, 6.07) is 15.2. The Morgan fingerprint density at radius 1 is 0.971 bits per heavy atom. The average molecular weight is 495 g/mol. The number of anilines is 3. The highest BCUT2D eigenvalue weighted by molar-refractivity contribution is 7.89. The van der Waals surface area contributed by atoms with Gasteiger partial charge in [-0.1, -0.05) is 18.6 Å². The summed E-state index contributed by atoms with van der Waals surface area (Å²) < 4.78 is 28.3. The van der Waals surface area contributed by atoms with E-state index in [1.807, 2.05) is 6.07 Å². The number of hydrogen-bond acceptors (Lipinski definition) is 7. The normalized spacial score (nSPS) is 14.4. The van der Waals surface area contributed by atoms with Crippen molar-refractivity contribution in [3.63, 3.8) is 0 Å². The fourth-order valence-corrected chi connectivity index (χ4v) is 5.09. The predicted octanol–water partition coefficient (Wildman–Crippen LogP) is 3.63. The number of rotatable bonds is 10. The number of piperidine rings is 1. The average Bonchev–Trinajstić information content (AvgIpc) is 2.88. The van der Waals surface area contributed by atoms with Crippen LogP contribution in [0, 0.1) is 0 Å². The maximum atomic E-state index is 12.8. The van der Waals surface area contributed by atoms with E-state index in [1.54, 1.807) is 54.7 Å². The van der Waals surface area contributed by atoms with Crippen molar-refractivity contribution in [1.82, 2.24) is 19.6 Å². The van der Waals surface area contributed by atoms with E-state index in [9.17, 15) is 13.2 Å². The van der Waals surface area contributed by atoms with Crippen molar-refractivity contribution in [2.45, 2.75) is 30.6 Å². The number of sulfonamides is 1. The van der Waals surface area contributed by atoms with Gasteiger partial charge in [0.05, 0.1) is 4.90 Å². The summed E-state index contributed by atoms with van der Waals surface area (Å²) in [5, 5.41) is 5.90. The fraction of sp³-hybridized carbons (Fsp3) is 0.320. The summed E-state index contributed by atoms with van der Waals surface area (Å²) >= 11 is 0. The van der Waals surface area contributed by atoms with E-state index >= 15 is 0 Å². The summed E-state index contributed by atoms with van der Waals surface area (Å²) in [7, 11) is -3.62. The minimum absolute atomic E-state index is 0.193. The molecule has 35 heavy (non-hydrogen) atoms. The first kappa shape index (κ1) is 24.8. The summed E-state index contributed by atoms with van der Waals surface area (Å²) in [6.07, 6.45) is 7.42. The van der Waals surface area contributed by atoms with Gasteiger partial charge in [0.15, 0.2) is 0 Å². The Morgan fingerprint density at radius 2 is 1.74 bits per heavy atom. The molecule has 1 aromatic heterocycles. The lowest BCUT2D eigenvalue weighted by molar-refractivity contribution is 0.102. The highest BCUT2D eigenvalue weighted by atomic mass is 32.2. The lowest BCUT2D eigenvalue weighted by atomic mass is 10.1. The largest absolute Gasteiger partial charge is 0.355 e. The van der Waals surface area contributed by atoms with Gasteiger partial charge in [-0.25, -0.2) is 23.1 Å². The van der Waals surface area contributed by atoms with Crippen LogP contribution in [0.4, 0.5) is 17.2 Å². The molecule has 0 unspecified atom stereocenters. The fourth-order valence-electron chi connectivity index (χ4n) is 3.97. The second-order valence-electron chi connectivity index (χ2n) is 8.44. The molecule has 4 rings (SSSR count). The number of hydrogen-bond donors (Lipinski definition) is 3. The van der Waals surface area contributed by atoms with Crippen molar-refractivity contribution in [1.29, 1.82) is 0 Å².